The lowest BCUT2D eigenvalue weighted by atomic mass is 10.2. The van der Waals surface area contributed by atoms with Gasteiger partial charge in [-0.1, -0.05) is 0 Å². The lowest BCUT2D eigenvalue weighted by molar-refractivity contribution is -0.387. The molecule has 0 saturated heterocycles. The molecule has 0 unspecified atom stereocenters. The molecule has 1 heterocycles. The first-order valence-electron chi connectivity index (χ1n) is 5.44. The van der Waals surface area contributed by atoms with Crippen LogP contribution in [0.3, 0.4) is 0 Å². The number of halogens is 1. The molecule has 1 aromatic heterocycles. The van der Waals surface area contributed by atoms with E-state index in [2.05, 4.69) is 10.3 Å². The number of hydrogen-bond donors (Lipinski definition) is 2. The second kappa shape index (κ2) is 5.31. The summed E-state index contributed by atoms with van der Waals surface area (Å²) < 4.78 is 13.4. The number of benzene rings is 1. The van der Waals surface area contributed by atoms with Gasteiger partial charge in [0.2, 0.25) is 5.82 Å². The summed E-state index contributed by atoms with van der Waals surface area (Å²) in [5.41, 5.74) is 5.14. The maximum absolute atomic E-state index is 13.4. The third kappa shape index (κ3) is 2.86. The summed E-state index contributed by atoms with van der Waals surface area (Å²) in [5.74, 6) is -1.37. The largest absolute Gasteiger partial charge is 0.384 e. The third-order valence-corrected chi connectivity index (χ3v) is 2.45. The van der Waals surface area contributed by atoms with Crippen LogP contribution in [0.1, 0.15) is 10.4 Å². The fourth-order valence-electron chi connectivity index (χ4n) is 1.53. The Kier molecular flexibility index (Phi) is 3.56. The van der Waals surface area contributed by atoms with E-state index in [1.807, 2.05) is 0 Å². The average Bonchev–Trinajstić information content (AvgIpc) is 2.38. The summed E-state index contributed by atoms with van der Waals surface area (Å²) in [4.78, 5) is 25.2. The monoisotopic (exact) mass is 276 g/mol. The number of rotatable bonds is 3. The van der Waals surface area contributed by atoms with Gasteiger partial charge in [-0.3, -0.25) is 14.9 Å². The molecule has 0 aliphatic rings. The number of nitro groups is 1. The molecular weight excluding hydrogens is 267 g/mol. The lowest BCUT2D eigenvalue weighted by Crippen LogP contribution is -2.12. The molecule has 0 fully saturated rings. The van der Waals surface area contributed by atoms with Crippen molar-refractivity contribution in [1.29, 1.82) is 0 Å². The van der Waals surface area contributed by atoms with Crippen LogP contribution in [0.15, 0.2) is 36.5 Å². The Hall–Kier alpha value is -3.03. The quantitative estimate of drug-likeness (QED) is 0.657. The van der Waals surface area contributed by atoms with E-state index in [0.29, 0.717) is 0 Å². The van der Waals surface area contributed by atoms with Gasteiger partial charge >= 0.3 is 5.69 Å². The van der Waals surface area contributed by atoms with E-state index in [9.17, 15) is 19.3 Å². The van der Waals surface area contributed by atoms with Crippen LogP contribution in [0.25, 0.3) is 0 Å². The number of amides is 1. The number of carbonyl (C=O) groups is 1. The second-order valence-corrected chi connectivity index (χ2v) is 3.85. The Labute approximate surface area is 112 Å². The molecule has 0 radical (unpaired) electrons. The minimum Gasteiger partial charge on any atom is -0.384 e. The summed E-state index contributed by atoms with van der Waals surface area (Å²) in [6, 6.07) is 5.89. The van der Waals surface area contributed by atoms with Crippen molar-refractivity contribution in [3.8, 4) is 0 Å². The fraction of sp³-hybridized carbons (Fsp3) is 0. The van der Waals surface area contributed by atoms with Gasteiger partial charge in [0, 0.05) is 29.6 Å². The van der Waals surface area contributed by atoms with Gasteiger partial charge in [-0.05, 0) is 18.2 Å². The number of nitrogens with zero attached hydrogens (tertiary/aromatic N) is 2. The number of carbonyl (C=O) groups excluding carboxylic acids is 1. The van der Waals surface area contributed by atoms with Crippen LogP contribution in [0.5, 0.6) is 0 Å². The summed E-state index contributed by atoms with van der Waals surface area (Å²) >= 11 is 0. The Bertz CT molecular complexity index is 690. The predicted octanol–water partition coefficient (Wildman–Crippen LogP) is 1.96. The van der Waals surface area contributed by atoms with Gasteiger partial charge < -0.3 is 11.1 Å². The highest BCUT2D eigenvalue weighted by Gasteiger charge is 2.15. The molecule has 0 atom stereocenters. The van der Waals surface area contributed by atoms with Crippen LogP contribution in [0.2, 0.25) is 0 Å². The van der Waals surface area contributed by atoms with Gasteiger partial charge in [-0.25, -0.2) is 4.98 Å². The highest BCUT2D eigenvalue weighted by molar-refractivity contribution is 6.04. The number of aromatic nitrogens is 1. The van der Waals surface area contributed by atoms with Crippen molar-refractivity contribution in [2.75, 3.05) is 11.1 Å². The van der Waals surface area contributed by atoms with E-state index < -0.39 is 22.3 Å². The first kappa shape index (κ1) is 13.4. The van der Waals surface area contributed by atoms with Gasteiger partial charge in [0.05, 0.1) is 4.92 Å². The molecule has 0 aliphatic carbocycles. The zero-order valence-electron chi connectivity index (χ0n) is 10.0. The Balaban J connectivity index is 2.20. The highest BCUT2D eigenvalue weighted by atomic mass is 19.1. The summed E-state index contributed by atoms with van der Waals surface area (Å²) in [5, 5.41) is 12.9. The van der Waals surface area contributed by atoms with Gasteiger partial charge in [0.15, 0.2) is 0 Å². The van der Waals surface area contributed by atoms with Crippen LogP contribution in [-0.2, 0) is 0 Å². The van der Waals surface area contributed by atoms with E-state index in [1.54, 1.807) is 0 Å². The molecule has 1 aromatic carbocycles. The number of pyridine rings is 1. The second-order valence-electron chi connectivity index (χ2n) is 3.85. The SMILES string of the molecule is Nc1cc(C(=O)Nc2ccc([N+](=O)[O-])c(F)c2)ccn1. The smallest absolute Gasteiger partial charge is 0.304 e. The molecule has 20 heavy (non-hydrogen) atoms. The molecule has 0 aliphatic heterocycles. The number of hydrogen-bond acceptors (Lipinski definition) is 5. The molecular formula is C12H9FN4O3. The lowest BCUT2D eigenvalue weighted by Gasteiger charge is -2.05. The number of nitrogens with one attached hydrogen (secondary N) is 1. The van der Waals surface area contributed by atoms with E-state index >= 15 is 0 Å². The van der Waals surface area contributed by atoms with Crippen molar-refractivity contribution in [3.63, 3.8) is 0 Å². The molecule has 102 valence electrons. The zero-order valence-corrected chi connectivity index (χ0v) is 10.0. The molecule has 2 aromatic rings. The fourth-order valence-corrected chi connectivity index (χ4v) is 1.53. The van der Waals surface area contributed by atoms with Crippen LogP contribution in [-0.4, -0.2) is 15.8 Å². The molecule has 0 saturated carbocycles. The van der Waals surface area contributed by atoms with E-state index in [-0.39, 0.29) is 17.1 Å². The maximum Gasteiger partial charge on any atom is 0.304 e. The maximum atomic E-state index is 13.4. The van der Waals surface area contributed by atoms with E-state index in [1.165, 1.54) is 24.4 Å². The van der Waals surface area contributed by atoms with Crippen LogP contribution in [0.4, 0.5) is 21.6 Å². The first-order chi connectivity index (χ1) is 9.47. The van der Waals surface area contributed by atoms with Crippen LogP contribution in [0, 0.1) is 15.9 Å². The number of nitrogen functional groups attached to an aromatic ring is 1. The normalized spacial score (nSPS) is 10.1. The minimum atomic E-state index is -1.03. The van der Waals surface area contributed by atoms with E-state index in [4.69, 9.17) is 5.73 Å². The molecule has 1 amide bonds. The van der Waals surface area contributed by atoms with Crippen LogP contribution < -0.4 is 11.1 Å². The minimum absolute atomic E-state index is 0.105. The molecule has 3 N–H and O–H groups in total. The van der Waals surface area contributed by atoms with Crippen molar-refractivity contribution in [2.24, 2.45) is 0 Å². The van der Waals surface area contributed by atoms with Gasteiger partial charge in [0.1, 0.15) is 5.82 Å². The molecule has 2 rings (SSSR count). The topological polar surface area (TPSA) is 111 Å². The highest BCUT2D eigenvalue weighted by Crippen LogP contribution is 2.21. The molecule has 0 spiro atoms. The molecule has 7 nitrogen and oxygen atoms in total. The Morgan fingerprint density at radius 2 is 2.10 bits per heavy atom. The van der Waals surface area contributed by atoms with Crippen molar-refractivity contribution < 1.29 is 14.1 Å². The number of nitrogens with two attached hydrogens (primary N) is 1. The van der Waals surface area contributed by atoms with Crippen molar-refractivity contribution in [3.05, 3.63) is 58.0 Å². The zero-order chi connectivity index (χ0) is 14.7. The predicted molar refractivity (Wildman–Crippen MR) is 69.7 cm³/mol. The van der Waals surface area contributed by atoms with Gasteiger partial charge in [-0.15, -0.1) is 0 Å². The standard InChI is InChI=1S/C12H9FN4O3/c13-9-6-8(1-2-10(9)17(19)20)16-12(18)7-3-4-15-11(14)5-7/h1-6H,(H2,14,15)(H,16,18). The summed E-state index contributed by atoms with van der Waals surface area (Å²) in [6.07, 6.45) is 1.36. The summed E-state index contributed by atoms with van der Waals surface area (Å²) in [7, 11) is 0. The van der Waals surface area contributed by atoms with Gasteiger partial charge in [-0.2, -0.15) is 4.39 Å². The van der Waals surface area contributed by atoms with Crippen molar-refractivity contribution >= 4 is 23.1 Å². The van der Waals surface area contributed by atoms with Gasteiger partial charge in [0.25, 0.3) is 5.91 Å². The first-order valence-corrected chi connectivity index (χ1v) is 5.44. The van der Waals surface area contributed by atoms with Crippen molar-refractivity contribution in [2.45, 2.75) is 0 Å². The van der Waals surface area contributed by atoms with Crippen molar-refractivity contribution in [1.82, 2.24) is 4.98 Å². The number of nitro benzene ring substituents is 1. The molecule has 8 heteroatoms. The Morgan fingerprint density at radius 1 is 1.35 bits per heavy atom. The summed E-state index contributed by atoms with van der Waals surface area (Å²) in [6.45, 7) is 0. The van der Waals surface area contributed by atoms with Crippen LogP contribution >= 0.6 is 0 Å². The number of anilines is 2. The van der Waals surface area contributed by atoms with E-state index in [0.717, 1.165) is 12.1 Å². The third-order valence-electron chi connectivity index (χ3n) is 2.45. The molecule has 0 bridgehead atoms. The Morgan fingerprint density at radius 3 is 2.70 bits per heavy atom. The average molecular weight is 276 g/mol.